The number of thiophene rings is 2. The van der Waals surface area contributed by atoms with E-state index in [4.69, 9.17) is 4.98 Å². The maximum absolute atomic E-state index is 12.8. The molecular formula is C22H29N3O2S3. The van der Waals surface area contributed by atoms with E-state index in [9.17, 15) is 9.59 Å². The number of aromatic amines is 1. The monoisotopic (exact) mass is 463 g/mol. The van der Waals surface area contributed by atoms with Crippen LogP contribution in [0.2, 0.25) is 0 Å². The van der Waals surface area contributed by atoms with Crippen molar-refractivity contribution in [1.82, 2.24) is 14.9 Å². The van der Waals surface area contributed by atoms with Crippen LogP contribution >= 0.6 is 34.4 Å². The zero-order valence-corrected chi connectivity index (χ0v) is 20.5. The molecule has 0 bridgehead atoms. The Labute approximate surface area is 189 Å². The average molecular weight is 464 g/mol. The van der Waals surface area contributed by atoms with Crippen LogP contribution in [-0.4, -0.2) is 39.6 Å². The number of aromatic nitrogens is 2. The zero-order valence-electron chi connectivity index (χ0n) is 18.1. The number of nitrogens with one attached hydrogen (secondary N) is 1. The van der Waals surface area contributed by atoms with Gasteiger partial charge in [0.05, 0.1) is 16.4 Å². The maximum Gasteiger partial charge on any atom is 0.260 e. The van der Waals surface area contributed by atoms with Gasteiger partial charge >= 0.3 is 0 Å². The van der Waals surface area contributed by atoms with Crippen molar-refractivity contribution in [1.29, 1.82) is 0 Å². The molecule has 5 nitrogen and oxygen atoms in total. The summed E-state index contributed by atoms with van der Waals surface area (Å²) >= 11 is 4.63. The number of nitrogens with zero attached hydrogens (tertiary/aromatic N) is 2. The Balaban J connectivity index is 1.73. The highest BCUT2D eigenvalue weighted by Crippen LogP contribution is 2.34. The van der Waals surface area contributed by atoms with Crippen LogP contribution in [0.4, 0.5) is 0 Å². The molecule has 3 aromatic heterocycles. The van der Waals surface area contributed by atoms with Crippen molar-refractivity contribution in [2.24, 2.45) is 11.8 Å². The molecule has 30 heavy (non-hydrogen) atoms. The van der Waals surface area contributed by atoms with E-state index in [0.29, 0.717) is 28.8 Å². The molecule has 3 heterocycles. The van der Waals surface area contributed by atoms with Crippen molar-refractivity contribution in [3.8, 4) is 10.4 Å². The van der Waals surface area contributed by atoms with Gasteiger partial charge in [0.15, 0.2) is 0 Å². The molecular weight excluding hydrogens is 434 g/mol. The van der Waals surface area contributed by atoms with Gasteiger partial charge in [0, 0.05) is 28.9 Å². The lowest BCUT2D eigenvalue weighted by molar-refractivity contribution is -0.129. The Bertz CT molecular complexity index is 1030. The molecule has 3 aromatic rings. The summed E-state index contributed by atoms with van der Waals surface area (Å²) in [5.74, 6) is 2.03. The molecule has 0 fully saturated rings. The maximum atomic E-state index is 12.8. The van der Waals surface area contributed by atoms with Gasteiger partial charge in [-0.2, -0.15) is 0 Å². The topological polar surface area (TPSA) is 66.1 Å². The van der Waals surface area contributed by atoms with E-state index >= 15 is 0 Å². The van der Waals surface area contributed by atoms with Crippen molar-refractivity contribution in [3.63, 3.8) is 0 Å². The van der Waals surface area contributed by atoms with Gasteiger partial charge in [0.2, 0.25) is 5.91 Å². The van der Waals surface area contributed by atoms with Crippen molar-refractivity contribution < 1.29 is 4.79 Å². The highest BCUT2D eigenvalue weighted by molar-refractivity contribution is 8.00. The van der Waals surface area contributed by atoms with Crippen molar-refractivity contribution in [3.05, 3.63) is 39.1 Å². The number of carbonyl (C=O) groups excluding carboxylic acids is 1. The molecule has 1 atom stereocenters. The van der Waals surface area contributed by atoms with Crippen LogP contribution in [0.3, 0.4) is 0 Å². The van der Waals surface area contributed by atoms with Gasteiger partial charge in [-0.15, -0.1) is 34.4 Å². The van der Waals surface area contributed by atoms with Gasteiger partial charge in [0.25, 0.3) is 5.56 Å². The molecule has 0 aliphatic rings. The van der Waals surface area contributed by atoms with Gasteiger partial charge < -0.3 is 9.88 Å². The Morgan fingerprint density at radius 2 is 1.87 bits per heavy atom. The molecule has 0 saturated heterocycles. The number of hydrogen-bond donors (Lipinski definition) is 1. The first-order valence-corrected chi connectivity index (χ1v) is 13.0. The Hall–Kier alpha value is -1.64. The van der Waals surface area contributed by atoms with E-state index in [0.717, 1.165) is 28.4 Å². The van der Waals surface area contributed by atoms with E-state index in [1.165, 1.54) is 23.1 Å². The first kappa shape index (κ1) is 23.0. The second-order valence-corrected chi connectivity index (χ2v) is 11.4. The molecule has 1 amide bonds. The normalized spacial score (nSPS) is 12.8. The second-order valence-electron chi connectivity index (χ2n) is 8.30. The molecule has 8 heteroatoms. The molecule has 1 N–H and O–H groups in total. The summed E-state index contributed by atoms with van der Waals surface area (Å²) in [5, 5.41) is 4.59. The summed E-state index contributed by atoms with van der Waals surface area (Å²) in [5.41, 5.74) is 0.832. The standard InChI is InChI=1S/C22H29N3O2S3/c1-13(2)9-25(10-14(3)4)18(26)12-29-15(5)20-23-21(27)19-16(11-30-22(19)24-20)17-7-6-8-28-17/h6-8,11,13-15H,9-10,12H2,1-5H3,(H,23,24,27). The fraction of sp³-hybridized carbons (Fsp3) is 0.500. The number of rotatable bonds is 9. The van der Waals surface area contributed by atoms with E-state index in [-0.39, 0.29) is 16.7 Å². The van der Waals surface area contributed by atoms with Crippen LogP contribution in [0.25, 0.3) is 20.7 Å². The van der Waals surface area contributed by atoms with Crippen LogP contribution in [0, 0.1) is 11.8 Å². The first-order valence-electron chi connectivity index (χ1n) is 10.2. The molecule has 0 saturated carbocycles. The van der Waals surface area contributed by atoms with Gasteiger partial charge in [-0.05, 0) is 30.2 Å². The smallest absolute Gasteiger partial charge is 0.260 e. The van der Waals surface area contributed by atoms with Crippen LogP contribution in [-0.2, 0) is 4.79 Å². The summed E-state index contributed by atoms with van der Waals surface area (Å²) in [6.07, 6.45) is 0. The quantitative estimate of drug-likeness (QED) is 0.445. The molecule has 162 valence electrons. The number of hydrogen-bond acceptors (Lipinski definition) is 6. The minimum atomic E-state index is -0.111. The van der Waals surface area contributed by atoms with Gasteiger partial charge in [-0.1, -0.05) is 33.8 Å². The molecule has 0 spiro atoms. The lowest BCUT2D eigenvalue weighted by atomic mass is 10.1. The number of carbonyl (C=O) groups is 1. The summed E-state index contributed by atoms with van der Waals surface area (Å²) in [7, 11) is 0. The van der Waals surface area contributed by atoms with Crippen LogP contribution in [0.1, 0.15) is 45.7 Å². The number of amides is 1. The number of fused-ring (bicyclic) bond motifs is 1. The van der Waals surface area contributed by atoms with Crippen LogP contribution < -0.4 is 5.56 Å². The Morgan fingerprint density at radius 3 is 2.47 bits per heavy atom. The van der Waals surface area contributed by atoms with E-state index in [1.807, 2.05) is 34.7 Å². The van der Waals surface area contributed by atoms with Gasteiger partial charge in [0.1, 0.15) is 10.7 Å². The lowest BCUT2D eigenvalue weighted by Gasteiger charge is -2.26. The van der Waals surface area contributed by atoms with Crippen LogP contribution in [0.15, 0.2) is 27.7 Å². The molecule has 0 radical (unpaired) electrons. The van der Waals surface area contributed by atoms with Crippen molar-refractivity contribution in [2.45, 2.75) is 39.9 Å². The largest absolute Gasteiger partial charge is 0.341 e. The van der Waals surface area contributed by atoms with E-state index in [2.05, 4.69) is 32.7 Å². The molecule has 1 unspecified atom stereocenters. The number of H-pyrrole nitrogens is 1. The molecule has 0 aliphatic heterocycles. The number of thioether (sulfide) groups is 1. The second kappa shape index (κ2) is 10.1. The summed E-state index contributed by atoms with van der Waals surface area (Å²) in [6.45, 7) is 12.1. The van der Waals surface area contributed by atoms with E-state index in [1.54, 1.807) is 11.3 Å². The van der Waals surface area contributed by atoms with Crippen LogP contribution in [0.5, 0.6) is 0 Å². The molecule has 0 aromatic carbocycles. The van der Waals surface area contributed by atoms with Gasteiger partial charge in [-0.25, -0.2) is 4.98 Å². The van der Waals surface area contributed by atoms with Gasteiger partial charge in [-0.3, -0.25) is 9.59 Å². The highest BCUT2D eigenvalue weighted by Gasteiger charge is 2.20. The molecule has 0 aliphatic carbocycles. The highest BCUT2D eigenvalue weighted by atomic mass is 32.2. The minimum absolute atomic E-state index is 0.0710. The first-order chi connectivity index (χ1) is 14.3. The average Bonchev–Trinajstić information content (AvgIpc) is 3.33. The third kappa shape index (κ3) is 5.53. The van der Waals surface area contributed by atoms with Crippen molar-refractivity contribution in [2.75, 3.05) is 18.8 Å². The Kier molecular flexibility index (Phi) is 7.76. The Morgan fingerprint density at radius 1 is 1.17 bits per heavy atom. The predicted octanol–water partition coefficient (Wildman–Crippen LogP) is 5.65. The fourth-order valence-electron chi connectivity index (χ4n) is 3.30. The lowest BCUT2D eigenvalue weighted by Crippen LogP contribution is -2.38. The fourth-order valence-corrected chi connectivity index (χ4v) is 5.91. The third-order valence-electron chi connectivity index (χ3n) is 4.61. The minimum Gasteiger partial charge on any atom is -0.341 e. The predicted molar refractivity (Wildman–Crippen MR) is 131 cm³/mol. The van der Waals surface area contributed by atoms with Crippen molar-refractivity contribution >= 4 is 50.6 Å². The zero-order chi connectivity index (χ0) is 21.8. The molecule has 3 rings (SSSR count). The summed E-state index contributed by atoms with van der Waals surface area (Å²) in [4.78, 5) is 37.0. The summed E-state index contributed by atoms with van der Waals surface area (Å²) in [6, 6.07) is 4.00. The SMILES string of the molecule is CC(C)CN(CC(C)C)C(=O)CSC(C)c1nc2scc(-c3cccs3)c2c(=O)[nH]1. The summed E-state index contributed by atoms with van der Waals surface area (Å²) < 4.78 is 0. The third-order valence-corrected chi connectivity index (χ3v) is 7.53. The van der Waals surface area contributed by atoms with E-state index < -0.39 is 0 Å².